The predicted octanol–water partition coefficient (Wildman–Crippen LogP) is 4.23. The van der Waals surface area contributed by atoms with E-state index in [9.17, 15) is 0 Å². The highest BCUT2D eigenvalue weighted by molar-refractivity contribution is 9.10. The summed E-state index contributed by atoms with van der Waals surface area (Å²) in [6.07, 6.45) is 1.79. The number of nitrogens with one attached hydrogen (secondary N) is 1. The van der Waals surface area contributed by atoms with Crippen LogP contribution in [0, 0.1) is 5.92 Å². The molecule has 3 nitrogen and oxygen atoms in total. The van der Waals surface area contributed by atoms with Gasteiger partial charge in [0.05, 0.1) is 11.9 Å². The van der Waals surface area contributed by atoms with Crippen molar-refractivity contribution in [3.05, 3.63) is 44.8 Å². The third-order valence-electron chi connectivity index (χ3n) is 2.66. The van der Waals surface area contributed by atoms with E-state index >= 15 is 0 Å². The molecule has 0 saturated heterocycles. The Hall–Kier alpha value is -0.910. The molecule has 2 aromatic heterocycles. The Bertz CT molecular complexity index is 525. The van der Waals surface area contributed by atoms with E-state index in [4.69, 9.17) is 4.74 Å². The van der Waals surface area contributed by atoms with Gasteiger partial charge >= 0.3 is 0 Å². The molecule has 5 heteroatoms. The standard InChI is InChI=1S/C15H19BrN2OS/c1-11(2)6-17-7-13-3-4-14(8-18-13)19-9-15-5-12(16)10-20-15/h3-5,8,10-11,17H,6-7,9H2,1-2H3. The van der Waals surface area contributed by atoms with E-state index in [-0.39, 0.29) is 0 Å². The highest BCUT2D eigenvalue weighted by Gasteiger charge is 2.01. The van der Waals surface area contributed by atoms with E-state index in [1.54, 1.807) is 17.5 Å². The Morgan fingerprint density at radius 2 is 2.25 bits per heavy atom. The number of hydrogen-bond acceptors (Lipinski definition) is 4. The molecule has 0 atom stereocenters. The Morgan fingerprint density at radius 3 is 2.85 bits per heavy atom. The molecule has 0 radical (unpaired) electrons. The Kier molecular flexibility index (Phi) is 6.01. The minimum atomic E-state index is 0.586. The highest BCUT2D eigenvalue weighted by Crippen LogP contribution is 2.21. The van der Waals surface area contributed by atoms with Gasteiger partial charge in [-0.2, -0.15) is 0 Å². The quantitative estimate of drug-likeness (QED) is 0.807. The minimum absolute atomic E-state index is 0.586. The number of hydrogen-bond donors (Lipinski definition) is 1. The lowest BCUT2D eigenvalue weighted by molar-refractivity contribution is 0.308. The van der Waals surface area contributed by atoms with Crippen molar-refractivity contribution in [1.82, 2.24) is 10.3 Å². The van der Waals surface area contributed by atoms with Crippen molar-refractivity contribution >= 4 is 27.3 Å². The number of halogens is 1. The molecule has 0 aliphatic heterocycles. The average molecular weight is 355 g/mol. The van der Waals surface area contributed by atoms with Gasteiger partial charge in [-0.25, -0.2) is 0 Å². The molecule has 0 aliphatic carbocycles. The first-order valence-corrected chi connectivity index (χ1v) is 8.32. The number of pyridine rings is 1. The van der Waals surface area contributed by atoms with E-state index in [1.807, 2.05) is 12.1 Å². The number of ether oxygens (including phenoxy) is 1. The zero-order chi connectivity index (χ0) is 14.4. The van der Waals surface area contributed by atoms with Crippen molar-refractivity contribution in [3.8, 4) is 5.75 Å². The monoisotopic (exact) mass is 354 g/mol. The second kappa shape index (κ2) is 7.76. The summed E-state index contributed by atoms with van der Waals surface area (Å²) in [6.45, 7) is 6.78. The first-order valence-electron chi connectivity index (χ1n) is 6.65. The SMILES string of the molecule is CC(C)CNCc1ccc(OCc2cc(Br)cs2)cn1. The topological polar surface area (TPSA) is 34.1 Å². The molecule has 0 fully saturated rings. The van der Waals surface area contributed by atoms with Gasteiger partial charge in [0, 0.05) is 21.3 Å². The molecule has 0 aromatic carbocycles. The van der Waals surface area contributed by atoms with Crippen LogP contribution in [0.3, 0.4) is 0 Å². The summed E-state index contributed by atoms with van der Waals surface area (Å²) in [5.74, 6) is 1.46. The van der Waals surface area contributed by atoms with E-state index in [2.05, 4.69) is 51.5 Å². The van der Waals surface area contributed by atoms with Gasteiger partial charge in [0.1, 0.15) is 12.4 Å². The Labute approximate surface area is 132 Å². The molecular weight excluding hydrogens is 336 g/mol. The Morgan fingerprint density at radius 1 is 1.40 bits per heavy atom. The lowest BCUT2D eigenvalue weighted by atomic mass is 10.2. The summed E-state index contributed by atoms with van der Waals surface area (Å²) < 4.78 is 6.81. The first kappa shape index (κ1) is 15.5. The molecule has 0 amide bonds. The minimum Gasteiger partial charge on any atom is -0.486 e. The molecule has 0 aliphatic rings. The summed E-state index contributed by atoms with van der Waals surface area (Å²) >= 11 is 5.12. The fourth-order valence-electron chi connectivity index (χ4n) is 1.67. The molecule has 20 heavy (non-hydrogen) atoms. The van der Waals surface area contributed by atoms with Crippen LogP contribution in [0.1, 0.15) is 24.4 Å². The molecule has 0 unspecified atom stereocenters. The van der Waals surface area contributed by atoms with Gasteiger partial charge in [-0.05, 0) is 46.6 Å². The second-order valence-corrected chi connectivity index (χ2v) is 6.94. The summed E-state index contributed by atoms with van der Waals surface area (Å²) in [4.78, 5) is 5.59. The largest absolute Gasteiger partial charge is 0.486 e. The van der Waals surface area contributed by atoms with Gasteiger partial charge in [0.25, 0.3) is 0 Å². The van der Waals surface area contributed by atoms with Gasteiger partial charge in [0.2, 0.25) is 0 Å². The molecule has 2 rings (SSSR count). The van der Waals surface area contributed by atoms with Gasteiger partial charge < -0.3 is 10.1 Å². The van der Waals surface area contributed by atoms with Gasteiger partial charge in [-0.1, -0.05) is 13.8 Å². The van der Waals surface area contributed by atoms with Gasteiger partial charge in [-0.3, -0.25) is 4.98 Å². The van der Waals surface area contributed by atoms with E-state index < -0.39 is 0 Å². The average Bonchev–Trinajstić information content (AvgIpc) is 2.83. The molecule has 2 heterocycles. The fourth-order valence-corrected chi connectivity index (χ4v) is 3.04. The van der Waals surface area contributed by atoms with Crippen LogP contribution in [0.25, 0.3) is 0 Å². The van der Waals surface area contributed by atoms with Crippen LogP contribution >= 0.6 is 27.3 Å². The smallest absolute Gasteiger partial charge is 0.138 e. The fraction of sp³-hybridized carbons (Fsp3) is 0.400. The first-order chi connectivity index (χ1) is 9.63. The van der Waals surface area contributed by atoms with E-state index in [1.165, 1.54) is 4.88 Å². The van der Waals surface area contributed by atoms with Crippen LogP contribution in [-0.4, -0.2) is 11.5 Å². The molecule has 1 N–H and O–H groups in total. The van der Waals surface area contributed by atoms with Crippen LogP contribution < -0.4 is 10.1 Å². The number of nitrogens with zero attached hydrogens (tertiary/aromatic N) is 1. The zero-order valence-corrected chi connectivity index (χ0v) is 14.1. The molecule has 0 saturated carbocycles. The van der Waals surface area contributed by atoms with Crippen LogP contribution in [-0.2, 0) is 13.2 Å². The van der Waals surface area contributed by atoms with Crippen LogP contribution in [0.15, 0.2) is 34.2 Å². The molecule has 108 valence electrons. The van der Waals surface area contributed by atoms with Crippen LogP contribution in [0.2, 0.25) is 0 Å². The van der Waals surface area contributed by atoms with Gasteiger partial charge in [-0.15, -0.1) is 11.3 Å². The van der Waals surface area contributed by atoms with Crippen molar-refractivity contribution in [2.75, 3.05) is 6.54 Å². The Balaban J connectivity index is 1.79. The maximum absolute atomic E-state index is 5.71. The lowest BCUT2D eigenvalue weighted by Gasteiger charge is -2.08. The van der Waals surface area contributed by atoms with Crippen LogP contribution in [0.4, 0.5) is 0 Å². The number of thiophene rings is 1. The van der Waals surface area contributed by atoms with Crippen molar-refractivity contribution in [1.29, 1.82) is 0 Å². The van der Waals surface area contributed by atoms with Crippen molar-refractivity contribution in [2.45, 2.75) is 27.0 Å². The van der Waals surface area contributed by atoms with Crippen molar-refractivity contribution < 1.29 is 4.74 Å². The van der Waals surface area contributed by atoms with Crippen LogP contribution in [0.5, 0.6) is 5.75 Å². The summed E-state index contributed by atoms with van der Waals surface area (Å²) in [5.41, 5.74) is 1.04. The van der Waals surface area contributed by atoms with Crippen molar-refractivity contribution in [3.63, 3.8) is 0 Å². The van der Waals surface area contributed by atoms with E-state index in [0.29, 0.717) is 12.5 Å². The van der Waals surface area contributed by atoms with Gasteiger partial charge in [0.15, 0.2) is 0 Å². The number of rotatable bonds is 7. The molecule has 0 bridgehead atoms. The zero-order valence-electron chi connectivity index (χ0n) is 11.7. The van der Waals surface area contributed by atoms with Crippen molar-refractivity contribution in [2.24, 2.45) is 5.92 Å². The maximum atomic E-state index is 5.71. The maximum Gasteiger partial charge on any atom is 0.138 e. The second-order valence-electron chi connectivity index (χ2n) is 5.03. The molecule has 2 aromatic rings. The third-order valence-corrected chi connectivity index (χ3v) is 4.33. The van der Waals surface area contributed by atoms with E-state index in [0.717, 1.165) is 29.0 Å². The number of aromatic nitrogens is 1. The highest BCUT2D eigenvalue weighted by atomic mass is 79.9. The molecular formula is C15H19BrN2OS. The third kappa shape index (κ3) is 5.23. The molecule has 0 spiro atoms. The normalized spacial score (nSPS) is 11.0. The summed E-state index contributed by atoms with van der Waals surface area (Å²) in [6, 6.07) is 6.05. The predicted molar refractivity (Wildman–Crippen MR) is 87.1 cm³/mol. The summed E-state index contributed by atoms with van der Waals surface area (Å²) in [5, 5.41) is 5.43. The summed E-state index contributed by atoms with van der Waals surface area (Å²) in [7, 11) is 0. The lowest BCUT2D eigenvalue weighted by Crippen LogP contribution is -2.19.